The lowest BCUT2D eigenvalue weighted by Gasteiger charge is -2.39. The second-order valence-electron chi connectivity index (χ2n) is 7.34. The summed E-state index contributed by atoms with van der Waals surface area (Å²) in [6, 6.07) is 13.8. The van der Waals surface area contributed by atoms with Crippen molar-refractivity contribution in [2.45, 2.75) is 57.0 Å². The molecule has 1 N–H and O–H groups in total. The molecule has 6 heteroatoms. The van der Waals surface area contributed by atoms with E-state index in [1.807, 2.05) is 11.8 Å². The lowest BCUT2D eigenvalue weighted by Crippen LogP contribution is -2.47. The van der Waals surface area contributed by atoms with Crippen LogP contribution in [0.4, 0.5) is 5.69 Å². The number of aryl methyl sites for hydroxylation is 1. The first kappa shape index (κ1) is 19.4. The summed E-state index contributed by atoms with van der Waals surface area (Å²) in [6.07, 6.45) is 3.18. The highest BCUT2D eigenvalue weighted by molar-refractivity contribution is 7.92. The number of nitrogens with zero attached hydrogens (tertiary/aromatic N) is 1. The van der Waals surface area contributed by atoms with Crippen LogP contribution >= 0.6 is 0 Å². The van der Waals surface area contributed by atoms with Crippen molar-refractivity contribution in [3.63, 3.8) is 0 Å². The number of hydrogen-bond acceptors (Lipinski definition) is 3. The zero-order valence-electron chi connectivity index (χ0n) is 16.0. The standard InChI is InChI=1S/C21H26N2O3S/c1-15-7-13-20(14-8-15)27(25,26)22-19-11-9-18(10-12-19)21(24)23-16(2)5-4-6-17(23)3/h7-14,16-17,22H,4-6H2,1-3H3. The largest absolute Gasteiger partial charge is 0.333 e. The molecule has 2 atom stereocenters. The monoisotopic (exact) mass is 386 g/mol. The normalized spacial score (nSPS) is 20.3. The molecule has 1 aliphatic rings. The maximum Gasteiger partial charge on any atom is 0.261 e. The Hall–Kier alpha value is -2.34. The zero-order chi connectivity index (χ0) is 19.6. The molecule has 144 valence electrons. The fourth-order valence-electron chi connectivity index (χ4n) is 3.58. The summed E-state index contributed by atoms with van der Waals surface area (Å²) >= 11 is 0. The molecular weight excluding hydrogens is 360 g/mol. The zero-order valence-corrected chi connectivity index (χ0v) is 16.8. The van der Waals surface area contributed by atoms with Crippen LogP contribution in [0.15, 0.2) is 53.4 Å². The smallest absolute Gasteiger partial charge is 0.261 e. The summed E-state index contributed by atoms with van der Waals surface area (Å²) in [4.78, 5) is 15.0. The van der Waals surface area contributed by atoms with Crippen LogP contribution in [0.3, 0.4) is 0 Å². The van der Waals surface area contributed by atoms with Crippen LogP contribution < -0.4 is 4.72 Å². The lowest BCUT2D eigenvalue weighted by molar-refractivity contribution is 0.0511. The van der Waals surface area contributed by atoms with E-state index in [2.05, 4.69) is 18.6 Å². The average Bonchev–Trinajstić information content (AvgIpc) is 2.62. The van der Waals surface area contributed by atoms with Crippen molar-refractivity contribution in [1.29, 1.82) is 0 Å². The number of carbonyl (C=O) groups is 1. The van der Waals surface area contributed by atoms with Crippen molar-refractivity contribution in [2.24, 2.45) is 0 Å². The highest BCUT2D eigenvalue weighted by Crippen LogP contribution is 2.25. The molecule has 0 radical (unpaired) electrons. The highest BCUT2D eigenvalue weighted by atomic mass is 32.2. The molecule has 0 spiro atoms. The minimum atomic E-state index is -3.65. The summed E-state index contributed by atoms with van der Waals surface area (Å²) in [5.74, 6) is 0.00245. The molecule has 1 amide bonds. The van der Waals surface area contributed by atoms with Crippen molar-refractivity contribution in [1.82, 2.24) is 4.90 Å². The SMILES string of the molecule is Cc1ccc(S(=O)(=O)Nc2ccc(C(=O)N3C(C)CCCC3C)cc2)cc1. The van der Waals surface area contributed by atoms with Crippen LogP contribution in [-0.2, 0) is 10.0 Å². The first-order valence-corrected chi connectivity index (χ1v) is 10.8. The van der Waals surface area contributed by atoms with Gasteiger partial charge in [0.2, 0.25) is 0 Å². The predicted octanol–water partition coefficient (Wildman–Crippen LogP) is 4.20. The average molecular weight is 387 g/mol. The number of benzene rings is 2. The van der Waals surface area contributed by atoms with Gasteiger partial charge in [-0.2, -0.15) is 0 Å². The predicted molar refractivity (Wildman–Crippen MR) is 107 cm³/mol. The molecule has 1 saturated heterocycles. The number of likely N-dealkylation sites (tertiary alicyclic amines) is 1. The Bertz CT molecular complexity index is 895. The summed E-state index contributed by atoms with van der Waals surface area (Å²) in [5.41, 5.74) is 2.01. The van der Waals surface area contributed by atoms with Crippen LogP contribution in [0.2, 0.25) is 0 Å². The summed E-state index contributed by atoms with van der Waals surface area (Å²) in [6.45, 7) is 6.07. The molecule has 1 fully saturated rings. The van der Waals surface area contributed by atoms with Gasteiger partial charge >= 0.3 is 0 Å². The highest BCUT2D eigenvalue weighted by Gasteiger charge is 2.29. The minimum Gasteiger partial charge on any atom is -0.333 e. The van der Waals surface area contributed by atoms with E-state index in [9.17, 15) is 13.2 Å². The first-order valence-electron chi connectivity index (χ1n) is 9.30. The van der Waals surface area contributed by atoms with Crippen molar-refractivity contribution in [3.05, 3.63) is 59.7 Å². The molecule has 5 nitrogen and oxygen atoms in total. The van der Waals surface area contributed by atoms with Crippen molar-refractivity contribution >= 4 is 21.6 Å². The van der Waals surface area contributed by atoms with Crippen molar-refractivity contribution < 1.29 is 13.2 Å². The van der Waals surface area contributed by atoms with Gasteiger partial charge in [0.1, 0.15) is 0 Å². The molecule has 0 bridgehead atoms. The molecule has 0 saturated carbocycles. The van der Waals surface area contributed by atoms with Gasteiger partial charge in [0.25, 0.3) is 15.9 Å². The second kappa shape index (κ2) is 7.72. The molecular formula is C21H26N2O3S. The Balaban J connectivity index is 1.75. The van der Waals surface area contributed by atoms with E-state index in [-0.39, 0.29) is 22.9 Å². The summed E-state index contributed by atoms with van der Waals surface area (Å²) in [5, 5.41) is 0. The number of sulfonamides is 1. The van der Waals surface area contributed by atoms with E-state index in [1.54, 1.807) is 48.5 Å². The molecule has 27 heavy (non-hydrogen) atoms. The van der Waals surface area contributed by atoms with Crippen LogP contribution in [0.5, 0.6) is 0 Å². The van der Waals surface area contributed by atoms with E-state index in [1.165, 1.54) is 0 Å². The fraction of sp³-hybridized carbons (Fsp3) is 0.381. The fourth-order valence-corrected chi connectivity index (χ4v) is 4.64. The van der Waals surface area contributed by atoms with Gasteiger partial charge < -0.3 is 4.90 Å². The van der Waals surface area contributed by atoms with Gasteiger partial charge in [-0.3, -0.25) is 9.52 Å². The number of piperidine rings is 1. The first-order chi connectivity index (χ1) is 12.8. The third kappa shape index (κ3) is 4.33. The van der Waals surface area contributed by atoms with E-state index in [0.29, 0.717) is 11.3 Å². The Labute approximate surface area is 161 Å². The topological polar surface area (TPSA) is 66.5 Å². The minimum absolute atomic E-state index is 0.00245. The number of nitrogens with one attached hydrogen (secondary N) is 1. The second-order valence-corrected chi connectivity index (χ2v) is 9.02. The van der Waals surface area contributed by atoms with Gasteiger partial charge in [-0.15, -0.1) is 0 Å². The Morgan fingerprint density at radius 1 is 0.963 bits per heavy atom. The molecule has 2 unspecified atom stereocenters. The maximum atomic E-state index is 12.9. The van der Waals surface area contributed by atoms with Gasteiger partial charge in [-0.25, -0.2) is 8.42 Å². The van der Waals surface area contributed by atoms with E-state index >= 15 is 0 Å². The van der Waals surface area contributed by atoms with Gasteiger partial charge in [0.15, 0.2) is 0 Å². The van der Waals surface area contributed by atoms with Gasteiger partial charge in [-0.1, -0.05) is 17.7 Å². The number of amides is 1. The Morgan fingerprint density at radius 2 is 1.52 bits per heavy atom. The Morgan fingerprint density at radius 3 is 2.07 bits per heavy atom. The molecule has 2 aromatic carbocycles. The van der Waals surface area contributed by atoms with E-state index < -0.39 is 10.0 Å². The number of carbonyl (C=O) groups excluding carboxylic acids is 1. The van der Waals surface area contributed by atoms with Gasteiger partial charge in [0, 0.05) is 23.3 Å². The third-order valence-electron chi connectivity index (χ3n) is 5.14. The molecule has 2 aromatic rings. The van der Waals surface area contributed by atoms with Crippen LogP contribution in [0.1, 0.15) is 49.0 Å². The molecule has 3 rings (SSSR count). The van der Waals surface area contributed by atoms with Crippen LogP contribution in [-0.4, -0.2) is 31.3 Å². The quantitative estimate of drug-likeness (QED) is 0.856. The van der Waals surface area contributed by atoms with Crippen molar-refractivity contribution in [3.8, 4) is 0 Å². The van der Waals surface area contributed by atoms with Gasteiger partial charge in [0.05, 0.1) is 4.90 Å². The molecule has 0 aromatic heterocycles. The molecule has 0 aliphatic carbocycles. The number of hydrogen-bond donors (Lipinski definition) is 1. The lowest BCUT2D eigenvalue weighted by atomic mass is 9.96. The number of rotatable bonds is 4. The molecule has 1 aliphatic heterocycles. The summed E-state index contributed by atoms with van der Waals surface area (Å²) in [7, 11) is -3.65. The third-order valence-corrected chi connectivity index (χ3v) is 6.54. The van der Waals surface area contributed by atoms with E-state index in [4.69, 9.17) is 0 Å². The van der Waals surface area contributed by atoms with Gasteiger partial charge in [-0.05, 0) is 76.4 Å². The van der Waals surface area contributed by atoms with Crippen LogP contribution in [0.25, 0.3) is 0 Å². The van der Waals surface area contributed by atoms with Crippen LogP contribution in [0, 0.1) is 6.92 Å². The summed E-state index contributed by atoms with van der Waals surface area (Å²) < 4.78 is 27.5. The molecule has 1 heterocycles. The maximum absolute atomic E-state index is 12.9. The number of anilines is 1. The van der Waals surface area contributed by atoms with E-state index in [0.717, 1.165) is 24.8 Å². The Kier molecular flexibility index (Phi) is 5.56. The van der Waals surface area contributed by atoms with Crippen molar-refractivity contribution in [2.75, 3.05) is 4.72 Å².